The van der Waals surface area contributed by atoms with E-state index in [1.165, 1.54) is 22.5 Å². The van der Waals surface area contributed by atoms with Gasteiger partial charge in [0.25, 0.3) is 0 Å². The van der Waals surface area contributed by atoms with Crippen molar-refractivity contribution in [2.75, 3.05) is 13.7 Å². The predicted octanol–water partition coefficient (Wildman–Crippen LogP) is 4.80. The molecule has 1 heterocycles. The van der Waals surface area contributed by atoms with Gasteiger partial charge in [0, 0.05) is 17.7 Å². The van der Waals surface area contributed by atoms with E-state index in [-0.39, 0.29) is 5.41 Å². The van der Waals surface area contributed by atoms with Gasteiger partial charge in [-0.05, 0) is 44.5 Å². The summed E-state index contributed by atoms with van der Waals surface area (Å²) in [5.74, 6) is 0.945. The van der Waals surface area contributed by atoms with Crippen molar-refractivity contribution in [3.05, 3.63) is 65.7 Å². The fourth-order valence-corrected chi connectivity index (χ4v) is 3.31. The van der Waals surface area contributed by atoms with Crippen molar-refractivity contribution in [2.24, 2.45) is 0 Å². The lowest BCUT2D eigenvalue weighted by atomic mass is 9.81. The van der Waals surface area contributed by atoms with Crippen LogP contribution in [0, 0.1) is 0 Å². The summed E-state index contributed by atoms with van der Waals surface area (Å²) in [4.78, 5) is 0. The van der Waals surface area contributed by atoms with Crippen molar-refractivity contribution in [2.45, 2.75) is 26.2 Å². The first kappa shape index (κ1) is 15.5. The minimum atomic E-state index is -0.0392. The average Bonchev–Trinajstić information content (AvgIpc) is 2.74. The average molecular weight is 306 g/mol. The summed E-state index contributed by atoms with van der Waals surface area (Å²) in [5.41, 5.74) is 5.05. The monoisotopic (exact) mass is 306 g/mol. The fraction of sp³-hybridized carbons (Fsp3) is 0.286. The number of rotatable bonds is 4. The van der Waals surface area contributed by atoms with Crippen LogP contribution in [0.2, 0.25) is 0 Å². The molecular formula is C21H24NO+. The Labute approximate surface area is 138 Å². The van der Waals surface area contributed by atoms with Gasteiger partial charge < -0.3 is 4.74 Å². The van der Waals surface area contributed by atoms with Gasteiger partial charge in [-0.25, -0.2) is 0 Å². The largest absolute Gasteiger partial charge is 0.494 e. The van der Waals surface area contributed by atoms with Crippen molar-refractivity contribution < 1.29 is 9.31 Å². The maximum atomic E-state index is 5.68. The molecule has 0 bridgehead atoms. The van der Waals surface area contributed by atoms with Crippen LogP contribution in [-0.2, 0) is 5.41 Å². The maximum absolute atomic E-state index is 5.68. The highest BCUT2D eigenvalue weighted by atomic mass is 16.5. The summed E-state index contributed by atoms with van der Waals surface area (Å²) in [6.45, 7) is 7.26. The number of benzene rings is 2. The number of ether oxygens (including phenoxy) is 1. The van der Waals surface area contributed by atoms with Crippen LogP contribution < -0.4 is 4.74 Å². The molecule has 0 radical (unpaired) electrons. The molecule has 2 heteroatoms. The summed E-state index contributed by atoms with van der Waals surface area (Å²) in [5, 5.41) is 0. The molecule has 0 atom stereocenters. The van der Waals surface area contributed by atoms with E-state index in [2.05, 4.69) is 80.1 Å². The van der Waals surface area contributed by atoms with Gasteiger partial charge in [-0.1, -0.05) is 30.3 Å². The molecule has 23 heavy (non-hydrogen) atoms. The van der Waals surface area contributed by atoms with E-state index in [0.29, 0.717) is 6.61 Å². The van der Waals surface area contributed by atoms with Crippen molar-refractivity contribution >= 4 is 17.5 Å². The first-order chi connectivity index (χ1) is 11.0. The van der Waals surface area contributed by atoms with E-state index >= 15 is 0 Å². The highest BCUT2D eigenvalue weighted by Crippen LogP contribution is 2.41. The molecule has 1 aliphatic rings. The Kier molecular flexibility index (Phi) is 4.08. The van der Waals surface area contributed by atoms with Crippen LogP contribution in [0.1, 0.15) is 31.9 Å². The van der Waals surface area contributed by atoms with E-state index < -0.39 is 0 Å². The Hall–Kier alpha value is -2.35. The van der Waals surface area contributed by atoms with E-state index in [1.54, 1.807) is 0 Å². The molecule has 1 aliphatic heterocycles. The summed E-state index contributed by atoms with van der Waals surface area (Å²) in [6, 6.07) is 16.8. The van der Waals surface area contributed by atoms with E-state index in [4.69, 9.17) is 4.74 Å². The Morgan fingerprint density at radius 2 is 1.78 bits per heavy atom. The number of allylic oxidation sites excluding steroid dienone is 1. The van der Waals surface area contributed by atoms with Gasteiger partial charge in [-0.3, -0.25) is 0 Å². The van der Waals surface area contributed by atoms with Crippen LogP contribution in [0.25, 0.3) is 6.08 Å². The molecule has 118 valence electrons. The topological polar surface area (TPSA) is 12.2 Å². The van der Waals surface area contributed by atoms with E-state index in [0.717, 1.165) is 5.75 Å². The van der Waals surface area contributed by atoms with Gasteiger partial charge in [0.05, 0.1) is 12.0 Å². The van der Waals surface area contributed by atoms with Gasteiger partial charge in [-0.2, -0.15) is 4.58 Å². The number of hydrogen-bond acceptors (Lipinski definition) is 1. The maximum Gasteiger partial charge on any atom is 0.209 e. The predicted molar refractivity (Wildman–Crippen MR) is 97.0 cm³/mol. The SMILES string of the molecule is CCOc1ccc2c(c1)C(C)(C)C(/C=C/c1ccccc1)=[N+]2C. The fourth-order valence-electron chi connectivity index (χ4n) is 3.31. The molecule has 0 fully saturated rings. The van der Waals surface area contributed by atoms with Crippen LogP contribution in [0.4, 0.5) is 5.69 Å². The molecule has 0 amide bonds. The van der Waals surface area contributed by atoms with Gasteiger partial charge in [0.1, 0.15) is 12.8 Å². The van der Waals surface area contributed by atoms with Crippen LogP contribution in [-0.4, -0.2) is 23.9 Å². The van der Waals surface area contributed by atoms with Gasteiger partial charge in [0.15, 0.2) is 5.71 Å². The highest BCUT2D eigenvalue weighted by Gasteiger charge is 2.43. The molecule has 0 spiro atoms. The second kappa shape index (κ2) is 6.04. The zero-order valence-corrected chi connectivity index (χ0v) is 14.3. The summed E-state index contributed by atoms with van der Waals surface area (Å²) in [7, 11) is 2.14. The molecule has 2 aromatic carbocycles. The van der Waals surface area contributed by atoms with Crippen LogP contribution in [0.5, 0.6) is 5.75 Å². The number of fused-ring (bicyclic) bond motifs is 1. The van der Waals surface area contributed by atoms with Crippen molar-refractivity contribution in [3.8, 4) is 5.75 Å². The van der Waals surface area contributed by atoms with Crippen LogP contribution >= 0.6 is 0 Å². The lowest BCUT2D eigenvalue weighted by molar-refractivity contribution is -0.401. The lowest BCUT2D eigenvalue weighted by Crippen LogP contribution is -2.26. The minimum Gasteiger partial charge on any atom is -0.494 e. The molecule has 0 aliphatic carbocycles. The Morgan fingerprint density at radius 1 is 1.04 bits per heavy atom. The van der Waals surface area contributed by atoms with Crippen LogP contribution in [0.3, 0.4) is 0 Å². The number of nitrogens with zero attached hydrogens (tertiary/aromatic N) is 1. The minimum absolute atomic E-state index is 0.0392. The Morgan fingerprint density at radius 3 is 2.48 bits per heavy atom. The molecule has 3 rings (SSSR count). The summed E-state index contributed by atoms with van der Waals surface area (Å²) >= 11 is 0. The van der Waals surface area contributed by atoms with Gasteiger partial charge in [0.2, 0.25) is 5.69 Å². The van der Waals surface area contributed by atoms with Crippen LogP contribution in [0.15, 0.2) is 54.6 Å². The zero-order valence-electron chi connectivity index (χ0n) is 14.3. The molecule has 0 saturated carbocycles. The third-order valence-electron chi connectivity index (χ3n) is 4.55. The van der Waals surface area contributed by atoms with Crippen molar-refractivity contribution in [3.63, 3.8) is 0 Å². The summed E-state index contributed by atoms with van der Waals surface area (Å²) < 4.78 is 7.96. The molecule has 0 N–H and O–H groups in total. The molecule has 0 saturated heterocycles. The molecule has 2 nitrogen and oxygen atoms in total. The van der Waals surface area contributed by atoms with Gasteiger partial charge >= 0.3 is 0 Å². The number of hydrogen-bond donors (Lipinski definition) is 0. The van der Waals surface area contributed by atoms with Crippen molar-refractivity contribution in [1.29, 1.82) is 0 Å². The smallest absolute Gasteiger partial charge is 0.209 e. The summed E-state index contributed by atoms with van der Waals surface area (Å²) in [6.07, 6.45) is 4.42. The van der Waals surface area contributed by atoms with Crippen molar-refractivity contribution in [1.82, 2.24) is 0 Å². The standard InChI is InChI=1S/C21H24NO/c1-5-23-17-12-13-19-18(15-17)21(2,3)20(22(19)4)14-11-16-9-7-6-8-10-16/h6-15H,5H2,1-4H3/q+1/b14-11+. The zero-order chi connectivity index (χ0) is 16.4. The third-order valence-corrected chi connectivity index (χ3v) is 4.55. The highest BCUT2D eigenvalue weighted by molar-refractivity contribution is 6.05. The molecule has 0 unspecified atom stereocenters. The Balaban J connectivity index is 1.99. The molecular weight excluding hydrogens is 282 g/mol. The lowest BCUT2D eigenvalue weighted by Gasteiger charge is -2.16. The quantitative estimate of drug-likeness (QED) is 0.739. The first-order valence-electron chi connectivity index (χ1n) is 8.15. The second-order valence-electron chi connectivity index (χ2n) is 6.43. The molecule has 0 aromatic heterocycles. The Bertz CT molecular complexity index is 770. The first-order valence-corrected chi connectivity index (χ1v) is 8.15. The normalized spacial score (nSPS) is 16.0. The van der Waals surface area contributed by atoms with E-state index in [1.807, 2.05) is 13.0 Å². The van der Waals surface area contributed by atoms with Gasteiger partial charge in [-0.15, -0.1) is 0 Å². The molecule has 2 aromatic rings. The van der Waals surface area contributed by atoms with E-state index in [9.17, 15) is 0 Å². The second-order valence-corrected chi connectivity index (χ2v) is 6.43. The third kappa shape index (κ3) is 2.81.